The molecule has 1 aliphatic heterocycles. The van der Waals surface area contributed by atoms with Crippen LogP contribution in [0.5, 0.6) is 11.5 Å². The molecule has 0 saturated carbocycles. The Balaban J connectivity index is 1.51. The summed E-state index contributed by atoms with van der Waals surface area (Å²) < 4.78 is 12.6. The summed E-state index contributed by atoms with van der Waals surface area (Å²) >= 11 is 3.48. The van der Waals surface area contributed by atoms with Gasteiger partial charge in [0.1, 0.15) is 12.2 Å². The monoisotopic (exact) mass is 528 g/mol. The van der Waals surface area contributed by atoms with Gasteiger partial charge in [-0.2, -0.15) is 0 Å². The fourth-order valence-electron chi connectivity index (χ4n) is 4.04. The molecule has 4 aromatic carbocycles. The van der Waals surface area contributed by atoms with Crippen LogP contribution in [0.1, 0.15) is 11.1 Å². The highest BCUT2D eigenvalue weighted by atomic mass is 79.9. The normalized spacial score (nSPS) is 14.5. The van der Waals surface area contributed by atoms with Crippen LogP contribution in [0.4, 0.5) is 5.69 Å². The topological polar surface area (TPSA) is 67.9 Å². The molecule has 0 unspecified atom stereocenters. The third-order valence-corrected chi connectivity index (χ3v) is 6.18. The van der Waals surface area contributed by atoms with Crippen molar-refractivity contribution < 1.29 is 19.1 Å². The maximum Gasteiger partial charge on any atom is 0.282 e. The number of anilines is 1. The first-order chi connectivity index (χ1) is 17.0. The van der Waals surface area contributed by atoms with Crippen molar-refractivity contribution in [3.63, 3.8) is 0 Å². The number of hydrogen-bond donors (Lipinski definition) is 1. The largest absolute Gasteiger partial charge is 0.493 e. The molecular weight excluding hydrogens is 508 g/mol. The van der Waals surface area contributed by atoms with E-state index in [2.05, 4.69) is 39.6 Å². The Morgan fingerprint density at radius 2 is 1.69 bits per heavy atom. The highest BCUT2D eigenvalue weighted by Crippen LogP contribution is 2.38. The summed E-state index contributed by atoms with van der Waals surface area (Å²) in [5.74, 6) is -0.00919. The average molecular weight is 529 g/mol. The van der Waals surface area contributed by atoms with Crippen LogP contribution in [0.2, 0.25) is 0 Å². The van der Waals surface area contributed by atoms with Crippen LogP contribution < -0.4 is 19.9 Å². The zero-order valence-corrected chi connectivity index (χ0v) is 20.4. The number of nitrogens with one attached hydrogen (secondary N) is 1. The number of carbonyl (C=O) groups is 2. The van der Waals surface area contributed by atoms with Gasteiger partial charge in [-0.05, 0) is 46.7 Å². The number of carbonyl (C=O) groups excluding carboxylic acids is 2. The van der Waals surface area contributed by atoms with Crippen molar-refractivity contribution >= 4 is 50.3 Å². The second kappa shape index (κ2) is 9.64. The van der Waals surface area contributed by atoms with E-state index >= 15 is 0 Å². The predicted molar refractivity (Wildman–Crippen MR) is 139 cm³/mol. The van der Waals surface area contributed by atoms with Crippen LogP contribution in [0.15, 0.2) is 95.0 Å². The zero-order valence-electron chi connectivity index (χ0n) is 18.8. The van der Waals surface area contributed by atoms with Crippen molar-refractivity contribution in [3.8, 4) is 11.5 Å². The number of hydrazine groups is 1. The fourth-order valence-corrected chi connectivity index (χ4v) is 4.50. The molecule has 0 bridgehead atoms. The number of benzene rings is 4. The molecule has 5 rings (SSSR count). The Kier molecular flexibility index (Phi) is 6.25. The zero-order chi connectivity index (χ0) is 24.4. The number of fused-ring (bicyclic) bond motifs is 1. The SMILES string of the molecule is COc1cc(Br)cc(/C=C2/C(=O)NN(c3ccccc3)C2=O)c1OCc1cccc2ccccc12. The summed E-state index contributed by atoms with van der Waals surface area (Å²) in [6.07, 6.45) is 1.53. The van der Waals surface area contributed by atoms with Gasteiger partial charge in [-0.1, -0.05) is 76.6 Å². The van der Waals surface area contributed by atoms with Gasteiger partial charge in [-0.25, -0.2) is 5.01 Å². The smallest absolute Gasteiger partial charge is 0.282 e. The molecule has 0 radical (unpaired) electrons. The Hall–Kier alpha value is -4.10. The quantitative estimate of drug-likeness (QED) is 0.259. The summed E-state index contributed by atoms with van der Waals surface area (Å²) in [7, 11) is 1.55. The molecule has 35 heavy (non-hydrogen) atoms. The molecule has 7 heteroatoms. The number of amides is 2. The molecule has 1 heterocycles. The van der Waals surface area contributed by atoms with Crippen molar-refractivity contribution in [1.29, 1.82) is 0 Å². The standard InChI is InChI=1S/C28H21BrN2O4/c1-34-25-16-21(29)14-20(15-24-27(32)30-31(28(24)33)22-11-3-2-4-12-22)26(25)35-17-19-10-7-9-18-8-5-6-13-23(18)19/h2-16H,17H2,1H3,(H,30,32)/b24-15-. The van der Waals surface area contributed by atoms with Crippen LogP contribution in [-0.4, -0.2) is 18.9 Å². The first-order valence-electron chi connectivity index (χ1n) is 10.9. The number of methoxy groups -OCH3 is 1. The molecule has 0 aliphatic carbocycles. The first-order valence-corrected chi connectivity index (χ1v) is 11.7. The lowest BCUT2D eigenvalue weighted by atomic mass is 10.1. The number of rotatable bonds is 6. The molecule has 1 fully saturated rings. The lowest BCUT2D eigenvalue weighted by molar-refractivity contribution is -0.117. The van der Waals surface area contributed by atoms with Crippen LogP contribution in [0, 0.1) is 0 Å². The molecule has 2 amide bonds. The van der Waals surface area contributed by atoms with E-state index in [0.717, 1.165) is 20.8 Å². The first kappa shape index (κ1) is 22.7. The number of para-hydroxylation sites is 1. The van der Waals surface area contributed by atoms with Gasteiger partial charge in [0.2, 0.25) is 0 Å². The minimum absolute atomic E-state index is 0.00372. The maximum atomic E-state index is 13.1. The molecule has 1 saturated heterocycles. The van der Waals surface area contributed by atoms with Gasteiger partial charge in [-0.3, -0.25) is 15.0 Å². The minimum atomic E-state index is -0.488. The van der Waals surface area contributed by atoms with Gasteiger partial charge in [0.05, 0.1) is 12.8 Å². The van der Waals surface area contributed by atoms with E-state index in [4.69, 9.17) is 9.47 Å². The van der Waals surface area contributed by atoms with E-state index in [9.17, 15) is 9.59 Å². The van der Waals surface area contributed by atoms with Gasteiger partial charge in [0.15, 0.2) is 11.5 Å². The highest BCUT2D eigenvalue weighted by molar-refractivity contribution is 9.10. The molecular formula is C28H21BrN2O4. The summed E-state index contributed by atoms with van der Waals surface area (Å²) in [5, 5.41) is 3.45. The van der Waals surface area contributed by atoms with E-state index in [-0.39, 0.29) is 12.2 Å². The van der Waals surface area contributed by atoms with Crippen molar-refractivity contribution in [2.75, 3.05) is 12.1 Å². The van der Waals surface area contributed by atoms with Crippen LogP contribution in [0.25, 0.3) is 16.8 Å². The summed E-state index contributed by atoms with van der Waals surface area (Å²) in [6, 6.07) is 26.7. The molecule has 0 aromatic heterocycles. The Morgan fingerprint density at radius 1 is 0.943 bits per heavy atom. The number of ether oxygens (including phenoxy) is 2. The number of nitrogens with zero attached hydrogens (tertiary/aromatic N) is 1. The van der Waals surface area contributed by atoms with Crippen LogP contribution in [-0.2, 0) is 16.2 Å². The Labute approximate surface area is 210 Å². The van der Waals surface area contributed by atoms with Gasteiger partial charge < -0.3 is 9.47 Å². The second-order valence-corrected chi connectivity index (χ2v) is 8.84. The van der Waals surface area contributed by atoms with Crippen molar-refractivity contribution in [3.05, 3.63) is 106 Å². The van der Waals surface area contributed by atoms with E-state index in [1.165, 1.54) is 11.1 Å². The Bertz CT molecular complexity index is 1460. The molecule has 6 nitrogen and oxygen atoms in total. The second-order valence-electron chi connectivity index (χ2n) is 7.93. The van der Waals surface area contributed by atoms with E-state index < -0.39 is 11.8 Å². The lowest BCUT2D eigenvalue weighted by Gasteiger charge is -2.16. The summed E-state index contributed by atoms with van der Waals surface area (Å²) in [4.78, 5) is 25.8. The molecule has 1 N–H and O–H groups in total. The minimum Gasteiger partial charge on any atom is -0.493 e. The molecule has 0 atom stereocenters. The van der Waals surface area contributed by atoms with Crippen molar-refractivity contribution in [1.82, 2.24) is 5.43 Å². The molecule has 174 valence electrons. The van der Waals surface area contributed by atoms with Gasteiger partial charge in [-0.15, -0.1) is 0 Å². The van der Waals surface area contributed by atoms with Gasteiger partial charge >= 0.3 is 0 Å². The number of hydrogen-bond acceptors (Lipinski definition) is 4. The highest BCUT2D eigenvalue weighted by Gasteiger charge is 2.34. The van der Waals surface area contributed by atoms with Crippen LogP contribution in [0.3, 0.4) is 0 Å². The van der Waals surface area contributed by atoms with Crippen LogP contribution >= 0.6 is 15.9 Å². The molecule has 4 aromatic rings. The van der Waals surface area contributed by atoms with Gasteiger partial charge in [0, 0.05) is 10.0 Å². The summed E-state index contributed by atoms with van der Waals surface area (Å²) in [5.41, 5.74) is 4.76. The average Bonchev–Trinajstić information content (AvgIpc) is 3.16. The predicted octanol–water partition coefficient (Wildman–Crippen LogP) is 5.65. The third-order valence-electron chi connectivity index (χ3n) is 5.73. The Morgan fingerprint density at radius 3 is 2.49 bits per heavy atom. The summed E-state index contributed by atoms with van der Waals surface area (Å²) in [6.45, 7) is 0.284. The van der Waals surface area contributed by atoms with Crippen molar-refractivity contribution in [2.24, 2.45) is 0 Å². The van der Waals surface area contributed by atoms with E-state index in [1.807, 2.05) is 30.3 Å². The lowest BCUT2D eigenvalue weighted by Crippen LogP contribution is -2.35. The maximum absolute atomic E-state index is 13.1. The fraction of sp³-hybridized carbons (Fsp3) is 0.0714. The number of halogens is 1. The third kappa shape index (κ3) is 4.50. The van der Waals surface area contributed by atoms with Crippen molar-refractivity contribution in [2.45, 2.75) is 6.61 Å². The molecule has 1 aliphatic rings. The van der Waals surface area contributed by atoms with E-state index in [0.29, 0.717) is 22.7 Å². The van der Waals surface area contributed by atoms with E-state index in [1.54, 1.807) is 43.5 Å². The molecule has 0 spiro atoms. The van der Waals surface area contributed by atoms with Gasteiger partial charge in [0.25, 0.3) is 11.8 Å².